The fourth-order valence-corrected chi connectivity index (χ4v) is 3.44. The number of nitrogens with zero attached hydrogens (tertiary/aromatic N) is 2. The molecule has 0 aliphatic heterocycles. The molecule has 2 aromatic rings. The number of carbonyl (C=O) groups is 1. The van der Waals surface area contributed by atoms with Crippen molar-refractivity contribution in [3.05, 3.63) is 46.7 Å². The molecule has 0 saturated heterocycles. The zero-order valence-corrected chi connectivity index (χ0v) is 15.1. The number of amides is 1. The second-order valence-electron chi connectivity index (χ2n) is 6.04. The van der Waals surface area contributed by atoms with Crippen LogP contribution in [-0.4, -0.2) is 28.3 Å². The molecule has 2 atom stereocenters. The predicted molar refractivity (Wildman–Crippen MR) is 98.2 cm³/mol. The van der Waals surface area contributed by atoms with Gasteiger partial charge in [0.2, 0.25) is 0 Å². The quantitative estimate of drug-likeness (QED) is 0.870. The fraction of sp³-hybridized carbons (Fsp3) is 0.412. The maximum absolute atomic E-state index is 12.6. The smallest absolute Gasteiger partial charge is 0.254 e. The van der Waals surface area contributed by atoms with Crippen LogP contribution in [0.25, 0.3) is 5.69 Å². The van der Waals surface area contributed by atoms with Gasteiger partial charge in [-0.2, -0.15) is 5.10 Å². The Hall–Kier alpha value is -1.56. The molecular formula is C17H22Cl2N4O. The van der Waals surface area contributed by atoms with Crippen molar-refractivity contribution < 1.29 is 4.79 Å². The van der Waals surface area contributed by atoms with Crippen LogP contribution < -0.4 is 11.1 Å². The van der Waals surface area contributed by atoms with Gasteiger partial charge in [-0.1, -0.05) is 24.1 Å². The summed E-state index contributed by atoms with van der Waals surface area (Å²) in [5.41, 5.74) is 8.01. The summed E-state index contributed by atoms with van der Waals surface area (Å²) in [6.07, 6.45) is 4.81. The van der Waals surface area contributed by atoms with Gasteiger partial charge in [0.05, 0.1) is 23.1 Å². The summed E-state index contributed by atoms with van der Waals surface area (Å²) in [4.78, 5) is 12.6. The van der Waals surface area contributed by atoms with Gasteiger partial charge in [-0.05, 0) is 50.4 Å². The number of hydrogen-bond donors (Lipinski definition) is 2. The molecule has 24 heavy (non-hydrogen) atoms. The molecule has 3 N–H and O–H groups in total. The van der Waals surface area contributed by atoms with Crippen LogP contribution >= 0.6 is 24.0 Å². The normalized spacial score (nSPS) is 19.8. The Bertz CT molecular complexity index is 716. The number of rotatable bonds is 4. The van der Waals surface area contributed by atoms with Gasteiger partial charge < -0.3 is 11.1 Å². The standard InChI is InChI=1S/C17H21ClN4O.ClH/c1-11-15(17(23)21-16-7-2-4-12(16)9-19)10-20-22(11)14-6-3-5-13(18)8-14;/h3,5-6,8,10,12,16H,2,4,7,9,19H2,1H3,(H,21,23);1H. The lowest BCUT2D eigenvalue weighted by Crippen LogP contribution is -2.40. The first-order valence-electron chi connectivity index (χ1n) is 7.91. The Balaban J connectivity index is 0.00000208. The minimum absolute atomic E-state index is 0. The summed E-state index contributed by atoms with van der Waals surface area (Å²) in [6.45, 7) is 2.50. The van der Waals surface area contributed by atoms with Crippen LogP contribution in [-0.2, 0) is 0 Å². The van der Waals surface area contributed by atoms with E-state index >= 15 is 0 Å². The number of carbonyl (C=O) groups excluding carboxylic acids is 1. The zero-order valence-electron chi connectivity index (χ0n) is 13.5. The van der Waals surface area contributed by atoms with Gasteiger partial charge in [-0.15, -0.1) is 12.4 Å². The van der Waals surface area contributed by atoms with Crippen LogP contribution in [0.2, 0.25) is 5.02 Å². The SMILES string of the molecule is Cc1c(C(=O)NC2CCCC2CN)cnn1-c1cccc(Cl)c1.Cl. The molecule has 0 bridgehead atoms. The van der Waals surface area contributed by atoms with Gasteiger partial charge >= 0.3 is 0 Å². The molecule has 1 aromatic carbocycles. The molecule has 7 heteroatoms. The van der Waals surface area contributed by atoms with E-state index in [1.165, 1.54) is 0 Å². The molecule has 1 fully saturated rings. The summed E-state index contributed by atoms with van der Waals surface area (Å²) in [7, 11) is 0. The van der Waals surface area contributed by atoms with Crippen molar-refractivity contribution in [1.29, 1.82) is 0 Å². The van der Waals surface area contributed by atoms with Gasteiger partial charge in [0.15, 0.2) is 0 Å². The van der Waals surface area contributed by atoms with E-state index in [-0.39, 0.29) is 24.4 Å². The zero-order chi connectivity index (χ0) is 16.4. The van der Waals surface area contributed by atoms with E-state index in [1.807, 2.05) is 31.2 Å². The van der Waals surface area contributed by atoms with Gasteiger partial charge in [-0.3, -0.25) is 4.79 Å². The number of aromatic nitrogens is 2. The fourth-order valence-electron chi connectivity index (χ4n) is 3.26. The molecule has 0 spiro atoms. The summed E-state index contributed by atoms with van der Waals surface area (Å²) >= 11 is 6.03. The average Bonchev–Trinajstić information content (AvgIpc) is 3.13. The van der Waals surface area contributed by atoms with Crippen LogP contribution in [0.4, 0.5) is 0 Å². The van der Waals surface area contributed by atoms with Crippen LogP contribution in [0.1, 0.15) is 35.3 Å². The maximum atomic E-state index is 12.6. The lowest BCUT2D eigenvalue weighted by molar-refractivity contribution is 0.0928. The lowest BCUT2D eigenvalue weighted by atomic mass is 10.0. The minimum atomic E-state index is -0.0823. The average molecular weight is 369 g/mol. The van der Waals surface area contributed by atoms with Crippen LogP contribution in [0.15, 0.2) is 30.5 Å². The van der Waals surface area contributed by atoms with Crippen molar-refractivity contribution in [3.8, 4) is 5.69 Å². The van der Waals surface area contributed by atoms with Crippen LogP contribution in [0.5, 0.6) is 0 Å². The van der Waals surface area contributed by atoms with Gasteiger partial charge in [0, 0.05) is 11.1 Å². The monoisotopic (exact) mass is 368 g/mol. The molecule has 1 saturated carbocycles. The molecule has 2 unspecified atom stereocenters. The van der Waals surface area contributed by atoms with E-state index in [1.54, 1.807) is 10.9 Å². The molecule has 1 heterocycles. The molecule has 130 valence electrons. The third-order valence-electron chi connectivity index (χ3n) is 4.59. The molecule has 1 aromatic heterocycles. The van der Waals surface area contributed by atoms with Crippen LogP contribution in [0.3, 0.4) is 0 Å². The highest BCUT2D eigenvalue weighted by atomic mass is 35.5. The summed E-state index contributed by atoms with van der Waals surface area (Å²) in [5.74, 6) is 0.295. The van der Waals surface area contributed by atoms with E-state index in [0.29, 0.717) is 23.0 Å². The first kappa shape index (κ1) is 18.8. The first-order chi connectivity index (χ1) is 11.1. The number of benzene rings is 1. The van der Waals surface area contributed by atoms with Crippen molar-refractivity contribution >= 4 is 29.9 Å². The topological polar surface area (TPSA) is 72.9 Å². The second kappa shape index (κ2) is 8.01. The molecular weight excluding hydrogens is 347 g/mol. The van der Waals surface area contributed by atoms with Crippen molar-refractivity contribution in [3.63, 3.8) is 0 Å². The largest absolute Gasteiger partial charge is 0.349 e. The molecule has 1 amide bonds. The number of nitrogens with one attached hydrogen (secondary N) is 1. The molecule has 3 rings (SSSR count). The highest BCUT2D eigenvalue weighted by molar-refractivity contribution is 6.30. The minimum Gasteiger partial charge on any atom is -0.349 e. The molecule has 1 aliphatic carbocycles. The highest BCUT2D eigenvalue weighted by Crippen LogP contribution is 2.25. The van der Waals surface area contributed by atoms with Crippen molar-refractivity contribution in [2.24, 2.45) is 11.7 Å². The Morgan fingerprint density at radius 2 is 2.25 bits per heavy atom. The van der Waals surface area contributed by atoms with Gasteiger partial charge in [-0.25, -0.2) is 4.68 Å². The Kier molecular flexibility index (Phi) is 6.27. The van der Waals surface area contributed by atoms with E-state index in [9.17, 15) is 4.79 Å². The molecule has 1 aliphatic rings. The highest BCUT2D eigenvalue weighted by Gasteiger charge is 2.28. The summed E-state index contributed by atoms with van der Waals surface area (Å²) in [5, 5.41) is 8.09. The van der Waals surface area contributed by atoms with E-state index in [2.05, 4.69) is 10.4 Å². The summed E-state index contributed by atoms with van der Waals surface area (Å²) in [6, 6.07) is 7.58. The third-order valence-corrected chi connectivity index (χ3v) is 4.82. The Morgan fingerprint density at radius 1 is 1.46 bits per heavy atom. The summed E-state index contributed by atoms with van der Waals surface area (Å²) < 4.78 is 1.73. The first-order valence-corrected chi connectivity index (χ1v) is 8.29. The molecule has 0 radical (unpaired) electrons. The van der Waals surface area contributed by atoms with Crippen molar-refractivity contribution in [2.75, 3.05) is 6.54 Å². The van der Waals surface area contributed by atoms with Gasteiger partial charge in [0.25, 0.3) is 5.91 Å². The third kappa shape index (κ3) is 3.74. The lowest BCUT2D eigenvalue weighted by Gasteiger charge is -2.19. The van der Waals surface area contributed by atoms with Gasteiger partial charge in [0.1, 0.15) is 0 Å². The van der Waals surface area contributed by atoms with Crippen molar-refractivity contribution in [2.45, 2.75) is 32.2 Å². The maximum Gasteiger partial charge on any atom is 0.254 e. The Morgan fingerprint density at radius 3 is 2.96 bits per heavy atom. The number of hydrogen-bond acceptors (Lipinski definition) is 3. The molecule has 5 nitrogen and oxygen atoms in total. The van der Waals surface area contributed by atoms with Crippen molar-refractivity contribution in [1.82, 2.24) is 15.1 Å². The number of halogens is 2. The Labute approximate surface area is 153 Å². The van der Waals surface area contributed by atoms with E-state index in [4.69, 9.17) is 17.3 Å². The van der Waals surface area contributed by atoms with E-state index in [0.717, 1.165) is 30.6 Å². The number of nitrogens with two attached hydrogens (primary N) is 1. The predicted octanol–water partition coefficient (Wildman–Crippen LogP) is 3.11. The van der Waals surface area contributed by atoms with Crippen LogP contribution in [0, 0.1) is 12.8 Å². The second-order valence-corrected chi connectivity index (χ2v) is 6.48. The van der Waals surface area contributed by atoms with E-state index < -0.39 is 0 Å².